The molecule has 0 bridgehead atoms. The van der Waals surface area contributed by atoms with Gasteiger partial charge in [-0.25, -0.2) is 0 Å². The molecule has 1 rings (SSSR count). The van der Waals surface area contributed by atoms with Gasteiger partial charge < -0.3 is 4.74 Å². The minimum atomic E-state index is -0.235. The zero-order valence-corrected chi connectivity index (χ0v) is 9.85. The van der Waals surface area contributed by atoms with Gasteiger partial charge in [0.25, 0.3) is 0 Å². The third kappa shape index (κ3) is 4.52. The van der Waals surface area contributed by atoms with E-state index in [1.807, 2.05) is 30.3 Å². The van der Waals surface area contributed by atoms with Gasteiger partial charge in [-0.1, -0.05) is 36.4 Å². The summed E-state index contributed by atoms with van der Waals surface area (Å²) in [6.07, 6.45) is 4.24. The third-order valence-corrected chi connectivity index (χ3v) is 2.21. The first-order chi connectivity index (χ1) is 8.27. The van der Waals surface area contributed by atoms with Crippen LogP contribution in [0.4, 0.5) is 0 Å². The van der Waals surface area contributed by atoms with Crippen LogP contribution in [0.1, 0.15) is 24.5 Å². The maximum Gasteiger partial charge on any atom is 0.309 e. The lowest BCUT2D eigenvalue weighted by Crippen LogP contribution is -2.01. The van der Waals surface area contributed by atoms with E-state index >= 15 is 0 Å². The third-order valence-electron chi connectivity index (χ3n) is 2.21. The average Bonchev–Trinajstić information content (AvgIpc) is 2.32. The second kappa shape index (κ2) is 7.24. The fourth-order valence-corrected chi connectivity index (χ4v) is 1.44. The summed E-state index contributed by atoms with van der Waals surface area (Å²) in [5, 5.41) is 8.68. The molecule has 0 heterocycles. The van der Waals surface area contributed by atoms with Crippen molar-refractivity contribution in [1.29, 1.82) is 5.26 Å². The molecule has 0 aromatic heterocycles. The SMILES string of the molecule is CCOC(=O)CC=Cc1ccccc1CC#N. The number of nitriles is 1. The summed E-state index contributed by atoms with van der Waals surface area (Å²) in [7, 11) is 0. The van der Waals surface area contributed by atoms with E-state index in [0.717, 1.165) is 11.1 Å². The van der Waals surface area contributed by atoms with Crippen LogP contribution in [0.5, 0.6) is 0 Å². The van der Waals surface area contributed by atoms with Crippen molar-refractivity contribution in [3.8, 4) is 6.07 Å². The largest absolute Gasteiger partial charge is 0.466 e. The molecule has 88 valence electrons. The molecule has 0 unspecified atom stereocenters. The predicted molar refractivity (Wildman–Crippen MR) is 66.0 cm³/mol. The Bertz CT molecular complexity index is 444. The fourth-order valence-electron chi connectivity index (χ4n) is 1.44. The molecule has 1 aromatic carbocycles. The quantitative estimate of drug-likeness (QED) is 0.729. The van der Waals surface area contributed by atoms with E-state index in [1.54, 1.807) is 13.0 Å². The summed E-state index contributed by atoms with van der Waals surface area (Å²) in [5.74, 6) is -0.235. The molecule has 0 aliphatic carbocycles. The Balaban J connectivity index is 2.65. The van der Waals surface area contributed by atoms with Crippen LogP contribution in [0.2, 0.25) is 0 Å². The Labute approximate surface area is 101 Å². The summed E-state index contributed by atoms with van der Waals surface area (Å²) in [4.78, 5) is 11.1. The first-order valence-corrected chi connectivity index (χ1v) is 5.55. The van der Waals surface area contributed by atoms with E-state index in [1.165, 1.54) is 0 Å². The molecule has 0 amide bonds. The number of hydrogen-bond acceptors (Lipinski definition) is 3. The van der Waals surface area contributed by atoms with Gasteiger partial charge in [-0.15, -0.1) is 0 Å². The summed E-state index contributed by atoms with van der Waals surface area (Å²) < 4.78 is 4.82. The number of carbonyl (C=O) groups excluding carboxylic acids is 1. The Hall–Kier alpha value is -2.08. The van der Waals surface area contributed by atoms with Gasteiger partial charge in [-0.05, 0) is 18.1 Å². The van der Waals surface area contributed by atoms with Gasteiger partial charge in [-0.3, -0.25) is 4.79 Å². The average molecular weight is 229 g/mol. The van der Waals surface area contributed by atoms with E-state index in [2.05, 4.69) is 6.07 Å². The topological polar surface area (TPSA) is 50.1 Å². The summed E-state index contributed by atoms with van der Waals surface area (Å²) >= 11 is 0. The molecule has 0 aliphatic heterocycles. The van der Waals surface area contributed by atoms with E-state index in [-0.39, 0.29) is 12.4 Å². The highest BCUT2D eigenvalue weighted by Crippen LogP contribution is 2.11. The van der Waals surface area contributed by atoms with Crippen molar-refractivity contribution < 1.29 is 9.53 Å². The van der Waals surface area contributed by atoms with Crippen molar-refractivity contribution in [1.82, 2.24) is 0 Å². The number of rotatable bonds is 5. The van der Waals surface area contributed by atoms with Crippen LogP contribution >= 0.6 is 0 Å². The normalized spacial score (nSPS) is 10.1. The first-order valence-electron chi connectivity index (χ1n) is 5.55. The van der Waals surface area contributed by atoms with Gasteiger partial charge in [0.05, 0.1) is 25.5 Å². The van der Waals surface area contributed by atoms with Crippen LogP contribution < -0.4 is 0 Å². The maximum absolute atomic E-state index is 11.1. The molecule has 0 atom stereocenters. The van der Waals surface area contributed by atoms with E-state index in [0.29, 0.717) is 13.0 Å². The predicted octanol–water partition coefficient (Wildman–Crippen LogP) is 2.72. The van der Waals surface area contributed by atoms with Crippen LogP contribution in [0.15, 0.2) is 30.3 Å². The lowest BCUT2D eigenvalue weighted by atomic mass is 10.0. The summed E-state index contributed by atoms with van der Waals surface area (Å²) in [5.41, 5.74) is 1.94. The molecule has 0 spiro atoms. The minimum absolute atomic E-state index is 0.235. The second-order valence-electron chi connectivity index (χ2n) is 3.45. The van der Waals surface area contributed by atoms with Gasteiger partial charge in [0.15, 0.2) is 0 Å². The lowest BCUT2D eigenvalue weighted by Gasteiger charge is -2.01. The van der Waals surface area contributed by atoms with Crippen LogP contribution in [0, 0.1) is 11.3 Å². The van der Waals surface area contributed by atoms with Crippen LogP contribution in [0.25, 0.3) is 6.08 Å². The van der Waals surface area contributed by atoms with Crippen LogP contribution in [-0.4, -0.2) is 12.6 Å². The van der Waals surface area contributed by atoms with Crippen molar-refractivity contribution in [2.75, 3.05) is 6.61 Å². The molecular weight excluding hydrogens is 214 g/mol. The van der Waals surface area contributed by atoms with Gasteiger partial charge >= 0.3 is 5.97 Å². The Morgan fingerprint density at radius 3 is 2.94 bits per heavy atom. The van der Waals surface area contributed by atoms with Crippen molar-refractivity contribution in [3.05, 3.63) is 41.5 Å². The molecule has 0 N–H and O–H groups in total. The zero-order chi connectivity index (χ0) is 12.5. The highest BCUT2D eigenvalue weighted by Gasteiger charge is 1.99. The van der Waals surface area contributed by atoms with Gasteiger partial charge in [0.2, 0.25) is 0 Å². The summed E-state index contributed by atoms with van der Waals surface area (Å²) in [6, 6.07) is 9.76. The van der Waals surface area contributed by atoms with E-state index in [9.17, 15) is 4.79 Å². The Morgan fingerprint density at radius 2 is 2.24 bits per heavy atom. The molecular formula is C14H15NO2. The number of carbonyl (C=O) groups is 1. The molecule has 0 saturated carbocycles. The maximum atomic E-state index is 11.1. The number of hydrogen-bond donors (Lipinski definition) is 0. The number of ether oxygens (including phenoxy) is 1. The monoisotopic (exact) mass is 229 g/mol. The van der Waals surface area contributed by atoms with Gasteiger partial charge in [0.1, 0.15) is 0 Å². The van der Waals surface area contributed by atoms with Crippen molar-refractivity contribution >= 4 is 12.0 Å². The second-order valence-corrected chi connectivity index (χ2v) is 3.45. The molecule has 3 heteroatoms. The van der Waals surface area contributed by atoms with Crippen LogP contribution in [0.3, 0.4) is 0 Å². The molecule has 17 heavy (non-hydrogen) atoms. The lowest BCUT2D eigenvalue weighted by molar-refractivity contribution is -0.142. The number of esters is 1. The first kappa shape index (κ1) is 13.0. The smallest absolute Gasteiger partial charge is 0.309 e. The Kier molecular flexibility index (Phi) is 5.53. The molecule has 0 saturated heterocycles. The zero-order valence-electron chi connectivity index (χ0n) is 9.85. The van der Waals surface area contributed by atoms with Gasteiger partial charge in [-0.2, -0.15) is 5.26 Å². The Morgan fingerprint density at radius 1 is 1.47 bits per heavy atom. The van der Waals surface area contributed by atoms with Crippen molar-refractivity contribution in [2.24, 2.45) is 0 Å². The standard InChI is InChI=1S/C14H15NO2/c1-2-17-14(16)9-5-8-12-6-3-4-7-13(12)10-11-15/h3-8H,2,9-10H2,1H3. The minimum Gasteiger partial charge on any atom is -0.466 e. The molecule has 0 fully saturated rings. The number of nitrogens with zero attached hydrogens (tertiary/aromatic N) is 1. The summed E-state index contributed by atoms with van der Waals surface area (Å²) in [6.45, 7) is 2.18. The van der Waals surface area contributed by atoms with Crippen LogP contribution in [-0.2, 0) is 16.0 Å². The highest BCUT2D eigenvalue weighted by molar-refractivity contribution is 5.72. The molecule has 1 aromatic rings. The fraction of sp³-hybridized carbons (Fsp3) is 0.286. The number of benzene rings is 1. The highest BCUT2D eigenvalue weighted by atomic mass is 16.5. The molecule has 0 radical (unpaired) electrons. The van der Waals surface area contributed by atoms with E-state index in [4.69, 9.17) is 10.00 Å². The van der Waals surface area contributed by atoms with Gasteiger partial charge in [0, 0.05) is 0 Å². The van der Waals surface area contributed by atoms with Crippen molar-refractivity contribution in [3.63, 3.8) is 0 Å². The molecule has 3 nitrogen and oxygen atoms in total. The molecule has 0 aliphatic rings. The van der Waals surface area contributed by atoms with E-state index < -0.39 is 0 Å². The van der Waals surface area contributed by atoms with Crippen molar-refractivity contribution in [2.45, 2.75) is 19.8 Å².